The van der Waals surface area contributed by atoms with Gasteiger partial charge >= 0.3 is 12.1 Å². The average Bonchev–Trinajstić information content (AvgIpc) is 3.17. The first kappa shape index (κ1) is 20.1. The summed E-state index contributed by atoms with van der Waals surface area (Å²) in [5.41, 5.74) is -0.177. The molecule has 0 aliphatic rings. The van der Waals surface area contributed by atoms with E-state index in [1.165, 1.54) is 23.9 Å². The average molecular weight is 407 g/mol. The van der Waals surface area contributed by atoms with Gasteiger partial charge in [0.2, 0.25) is 0 Å². The molecule has 0 spiro atoms. The number of halogens is 3. The first-order valence-corrected chi connectivity index (χ1v) is 8.33. The highest BCUT2D eigenvalue weighted by Crippen LogP contribution is 2.29. The minimum Gasteiger partial charge on any atom is -0.478 e. The van der Waals surface area contributed by atoms with Gasteiger partial charge in [0.15, 0.2) is 5.82 Å². The molecule has 0 fully saturated rings. The van der Waals surface area contributed by atoms with E-state index in [2.05, 4.69) is 15.5 Å². The maximum absolute atomic E-state index is 12.9. The summed E-state index contributed by atoms with van der Waals surface area (Å²) in [6.45, 7) is 1.75. The number of hydrogen-bond acceptors (Lipinski definition) is 4. The monoisotopic (exact) mass is 407 g/mol. The van der Waals surface area contributed by atoms with Crippen LogP contribution in [0.2, 0.25) is 0 Å². The molecule has 0 aliphatic carbocycles. The number of rotatable bonds is 5. The Hall–Kier alpha value is -3.63. The van der Waals surface area contributed by atoms with Gasteiger partial charge in [-0.15, -0.1) is 0 Å². The predicted octanol–water partition coefficient (Wildman–Crippen LogP) is 2.94. The lowest BCUT2D eigenvalue weighted by atomic mass is 10.1. The maximum Gasteiger partial charge on any atom is 0.416 e. The summed E-state index contributed by atoms with van der Waals surface area (Å²) in [5, 5.41) is 19.6. The summed E-state index contributed by atoms with van der Waals surface area (Å²) in [5.74, 6) is -1.88. The van der Waals surface area contributed by atoms with Gasteiger partial charge in [-0.1, -0.05) is 12.1 Å². The molecule has 0 radical (unpaired) electrons. The van der Waals surface area contributed by atoms with Gasteiger partial charge in [0, 0.05) is 18.8 Å². The van der Waals surface area contributed by atoms with Crippen molar-refractivity contribution in [3.05, 3.63) is 64.6 Å². The number of hydrogen-bond donors (Lipinski definition) is 2. The fraction of sp³-hybridized carbons (Fsp3) is 0.222. The molecule has 8 nitrogen and oxygen atoms in total. The summed E-state index contributed by atoms with van der Waals surface area (Å²) in [6, 6.07) is 6.41. The van der Waals surface area contributed by atoms with Gasteiger partial charge < -0.3 is 10.4 Å². The molecule has 29 heavy (non-hydrogen) atoms. The van der Waals surface area contributed by atoms with Crippen LogP contribution in [-0.4, -0.2) is 36.5 Å². The van der Waals surface area contributed by atoms with Crippen molar-refractivity contribution >= 4 is 17.7 Å². The summed E-state index contributed by atoms with van der Waals surface area (Å²) >= 11 is 0. The Morgan fingerprint density at radius 1 is 1.24 bits per heavy atom. The van der Waals surface area contributed by atoms with Crippen molar-refractivity contribution in [3.8, 4) is 0 Å². The second-order valence-electron chi connectivity index (χ2n) is 6.32. The first-order chi connectivity index (χ1) is 13.6. The molecular formula is C18H16F3N5O3. The van der Waals surface area contributed by atoms with Crippen LogP contribution in [0.25, 0.3) is 0 Å². The molecule has 0 unspecified atom stereocenters. The van der Waals surface area contributed by atoms with E-state index in [0.29, 0.717) is 11.3 Å². The van der Waals surface area contributed by atoms with Gasteiger partial charge in [-0.25, -0.2) is 4.79 Å². The Morgan fingerprint density at radius 3 is 2.62 bits per heavy atom. The molecule has 3 rings (SSSR count). The van der Waals surface area contributed by atoms with Crippen LogP contribution >= 0.6 is 0 Å². The first-order valence-electron chi connectivity index (χ1n) is 8.33. The van der Waals surface area contributed by atoms with E-state index in [4.69, 9.17) is 5.11 Å². The number of alkyl halides is 3. The number of benzene rings is 1. The molecule has 0 aliphatic heterocycles. The smallest absolute Gasteiger partial charge is 0.416 e. The SMILES string of the molecule is Cc1cc(NC(=O)c2c(C(=O)O)cnn2C)nn1Cc1cccc(C(F)(F)F)c1. The van der Waals surface area contributed by atoms with E-state index < -0.39 is 23.6 Å². The molecule has 11 heteroatoms. The van der Waals surface area contributed by atoms with Crippen LogP contribution in [-0.2, 0) is 19.8 Å². The lowest BCUT2D eigenvalue weighted by molar-refractivity contribution is -0.137. The quantitative estimate of drug-likeness (QED) is 0.677. The number of aromatic nitrogens is 4. The van der Waals surface area contributed by atoms with Crippen molar-refractivity contribution in [1.29, 1.82) is 0 Å². The number of aryl methyl sites for hydroxylation is 2. The topological polar surface area (TPSA) is 102 Å². The Labute approximate surface area is 162 Å². The number of carboxylic acid groups (broad SMARTS) is 1. The minimum atomic E-state index is -4.45. The van der Waals surface area contributed by atoms with Gasteiger partial charge in [0.05, 0.1) is 18.3 Å². The standard InChI is InChI=1S/C18H16F3N5O3/c1-10-6-14(23-16(27)15-13(17(28)29)8-22-25(15)2)24-26(10)9-11-4-3-5-12(7-11)18(19,20)21/h3-8H,9H2,1-2H3,(H,28,29)(H,23,24,27). The van der Waals surface area contributed by atoms with Gasteiger partial charge in [0.1, 0.15) is 11.3 Å². The number of amides is 1. The Bertz CT molecular complexity index is 1080. The molecule has 0 saturated heterocycles. The zero-order valence-electron chi connectivity index (χ0n) is 15.4. The van der Waals surface area contributed by atoms with Gasteiger partial charge in [-0.3, -0.25) is 14.2 Å². The lowest BCUT2D eigenvalue weighted by Gasteiger charge is -2.09. The van der Waals surface area contributed by atoms with Crippen LogP contribution in [0.3, 0.4) is 0 Å². The molecule has 3 aromatic rings. The summed E-state index contributed by atoms with van der Waals surface area (Å²) in [4.78, 5) is 23.7. The Balaban J connectivity index is 1.80. The second kappa shape index (κ2) is 7.41. The third-order valence-electron chi connectivity index (χ3n) is 4.19. The van der Waals surface area contributed by atoms with Crippen LogP contribution in [0, 0.1) is 6.92 Å². The van der Waals surface area contributed by atoms with Crippen LogP contribution in [0.1, 0.15) is 37.7 Å². The zero-order chi connectivity index (χ0) is 21.3. The van der Waals surface area contributed by atoms with Gasteiger partial charge in [0.25, 0.3) is 5.91 Å². The van der Waals surface area contributed by atoms with Crippen molar-refractivity contribution in [2.45, 2.75) is 19.6 Å². The molecule has 2 heterocycles. The van der Waals surface area contributed by atoms with Gasteiger partial charge in [-0.05, 0) is 24.6 Å². The maximum atomic E-state index is 12.9. The third kappa shape index (κ3) is 4.28. The number of anilines is 1. The fourth-order valence-electron chi connectivity index (χ4n) is 2.79. The van der Waals surface area contributed by atoms with Crippen molar-refractivity contribution in [2.24, 2.45) is 7.05 Å². The highest BCUT2D eigenvalue weighted by molar-refractivity contribution is 6.09. The number of carboxylic acids is 1. The molecule has 0 bridgehead atoms. The Morgan fingerprint density at radius 2 is 1.97 bits per heavy atom. The van der Waals surface area contributed by atoms with Crippen molar-refractivity contribution in [3.63, 3.8) is 0 Å². The second-order valence-corrected chi connectivity index (χ2v) is 6.32. The van der Waals surface area contributed by atoms with E-state index in [9.17, 15) is 22.8 Å². The van der Waals surface area contributed by atoms with Gasteiger partial charge in [-0.2, -0.15) is 23.4 Å². The van der Waals surface area contributed by atoms with Crippen LogP contribution in [0.4, 0.5) is 19.0 Å². The van der Waals surface area contributed by atoms with E-state index >= 15 is 0 Å². The van der Waals surface area contributed by atoms with E-state index in [1.54, 1.807) is 13.0 Å². The third-order valence-corrected chi connectivity index (χ3v) is 4.19. The van der Waals surface area contributed by atoms with Crippen molar-refractivity contribution < 1.29 is 27.9 Å². The van der Waals surface area contributed by atoms with E-state index in [1.807, 2.05) is 0 Å². The number of carbonyl (C=O) groups excluding carboxylic acids is 1. The highest BCUT2D eigenvalue weighted by atomic mass is 19.4. The largest absolute Gasteiger partial charge is 0.478 e. The number of carbonyl (C=O) groups is 2. The molecule has 1 aromatic carbocycles. The molecule has 1 amide bonds. The van der Waals surface area contributed by atoms with Crippen molar-refractivity contribution in [1.82, 2.24) is 19.6 Å². The predicted molar refractivity (Wildman–Crippen MR) is 95.6 cm³/mol. The molecule has 2 aromatic heterocycles. The van der Waals surface area contributed by atoms with Crippen LogP contribution in [0.15, 0.2) is 36.5 Å². The highest BCUT2D eigenvalue weighted by Gasteiger charge is 2.30. The summed E-state index contributed by atoms with van der Waals surface area (Å²) in [6.07, 6.45) is -3.38. The molecule has 0 saturated carbocycles. The lowest BCUT2D eigenvalue weighted by Crippen LogP contribution is -2.19. The Kier molecular flexibility index (Phi) is 5.14. The fourth-order valence-corrected chi connectivity index (χ4v) is 2.79. The molecule has 0 atom stereocenters. The van der Waals surface area contributed by atoms with E-state index in [-0.39, 0.29) is 23.6 Å². The van der Waals surface area contributed by atoms with Crippen molar-refractivity contribution in [2.75, 3.05) is 5.32 Å². The zero-order valence-corrected chi connectivity index (χ0v) is 15.4. The summed E-state index contributed by atoms with van der Waals surface area (Å²) in [7, 11) is 1.43. The number of nitrogens with zero attached hydrogens (tertiary/aromatic N) is 4. The normalized spacial score (nSPS) is 11.5. The van der Waals surface area contributed by atoms with E-state index in [0.717, 1.165) is 23.0 Å². The molecule has 2 N–H and O–H groups in total. The number of nitrogens with one attached hydrogen (secondary N) is 1. The minimum absolute atomic E-state index is 0.0672. The molecular weight excluding hydrogens is 391 g/mol. The molecule has 152 valence electrons. The summed E-state index contributed by atoms with van der Waals surface area (Å²) < 4.78 is 41.2. The number of aromatic carboxylic acids is 1. The van der Waals surface area contributed by atoms with Crippen LogP contribution < -0.4 is 5.32 Å². The van der Waals surface area contributed by atoms with Crippen LogP contribution in [0.5, 0.6) is 0 Å².